The van der Waals surface area contributed by atoms with Crippen LogP contribution in [-0.2, 0) is 0 Å². The Morgan fingerprint density at radius 1 is 0.316 bits per heavy atom. The molecule has 3 nitrogen and oxygen atoms in total. The average molecular weight is 726 g/mol. The standard InChI is InChI=1S/C54H35N3/c1-5-16-36(17-6-1)45-32-41-22-13-14-25-43(41)47-34-52-48(33-46(45)47)53-44(26-15-27-51(53)57(52)42-23-11-4-12-24-42)37-28-30-40(31-29-37)54-55-49(38-18-7-2-8-19-38)35-50(56-54)39-20-9-3-10-21-39/h1-35H. The molecule has 2 aromatic heterocycles. The third kappa shape index (κ3) is 5.68. The van der Waals surface area contributed by atoms with Crippen LogP contribution in [0.3, 0.4) is 0 Å². The van der Waals surface area contributed by atoms with Gasteiger partial charge in [-0.2, -0.15) is 0 Å². The topological polar surface area (TPSA) is 30.7 Å². The summed E-state index contributed by atoms with van der Waals surface area (Å²) in [6.07, 6.45) is 0. The van der Waals surface area contributed by atoms with Crippen LogP contribution < -0.4 is 0 Å². The lowest BCUT2D eigenvalue weighted by atomic mass is 9.91. The van der Waals surface area contributed by atoms with Gasteiger partial charge in [0.05, 0.1) is 22.4 Å². The molecule has 2 heterocycles. The van der Waals surface area contributed by atoms with Crippen molar-refractivity contribution in [3.05, 3.63) is 212 Å². The normalized spacial score (nSPS) is 11.5. The Morgan fingerprint density at radius 3 is 1.54 bits per heavy atom. The quantitative estimate of drug-likeness (QED) is 0.160. The molecule has 0 radical (unpaired) electrons. The molecule has 266 valence electrons. The Balaban J connectivity index is 1.13. The van der Waals surface area contributed by atoms with Crippen LogP contribution in [0.5, 0.6) is 0 Å². The van der Waals surface area contributed by atoms with E-state index in [9.17, 15) is 0 Å². The Hall–Kier alpha value is -7.62. The largest absolute Gasteiger partial charge is 0.309 e. The van der Waals surface area contributed by atoms with Gasteiger partial charge in [-0.15, -0.1) is 0 Å². The fraction of sp³-hybridized carbons (Fsp3) is 0. The molecule has 11 aromatic rings. The predicted octanol–water partition coefficient (Wildman–Crippen LogP) is 14.2. The predicted molar refractivity (Wildman–Crippen MR) is 239 cm³/mol. The lowest BCUT2D eigenvalue weighted by molar-refractivity contribution is 1.18. The highest BCUT2D eigenvalue weighted by Gasteiger charge is 2.20. The Morgan fingerprint density at radius 2 is 0.877 bits per heavy atom. The molecule has 0 saturated carbocycles. The molecule has 0 unspecified atom stereocenters. The zero-order valence-electron chi connectivity index (χ0n) is 31.0. The van der Waals surface area contributed by atoms with Gasteiger partial charge in [-0.1, -0.05) is 170 Å². The van der Waals surface area contributed by atoms with E-state index in [1.807, 2.05) is 12.1 Å². The van der Waals surface area contributed by atoms with Crippen molar-refractivity contribution in [2.45, 2.75) is 0 Å². The van der Waals surface area contributed by atoms with Gasteiger partial charge in [-0.05, 0) is 86.3 Å². The zero-order chi connectivity index (χ0) is 37.7. The van der Waals surface area contributed by atoms with Gasteiger partial charge in [0, 0.05) is 33.2 Å². The van der Waals surface area contributed by atoms with E-state index >= 15 is 0 Å². The lowest BCUT2D eigenvalue weighted by Crippen LogP contribution is -1.96. The van der Waals surface area contributed by atoms with Crippen LogP contribution in [0.1, 0.15) is 0 Å². The molecule has 0 spiro atoms. The van der Waals surface area contributed by atoms with Crippen molar-refractivity contribution < 1.29 is 0 Å². The van der Waals surface area contributed by atoms with Crippen LogP contribution in [0.15, 0.2) is 212 Å². The first-order chi connectivity index (χ1) is 28.3. The van der Waals surface area contributed by atoms with Gasteiger partial charge >= 0.3 is 0 Å². The molecule has 0 amide bonds. The van der Waals surface area contributed by atoms with Crippen LogP contribution in [0.25, 0.3) is 105 Å². The van der Waals surface area contributed by atoms with Crippen LogP contribution in [-0.4, -0.2) is 14.5 Å². The van der Waals surface area contributed by atoms with Gasteiger partial charge in [-0.25, -0.2) is 9.97 Å². The minimum atomic E-state index is 0.702. The van der Waals surface area contributed by atoms with E-state index in [0.29, 0.717) is 5.82 Å². The summed E-state index contributed by atoms with van der Waals surface area (Å²) in [5.74, 6) is 0.702. The van der Waals surface area contributed by atoms with Crippen molar-refractivity contribution in [2.75, 3.05) is 0 Å². The molecule has 0 aliphatic heterocycles. The number of hydrogen-bond acceptors (Lipinski definition) is 2. The molecule has 0 N–H and O–H groups in total. The second kappa shape index (κ2) is 13.6. The molecule has 0 fully saturated rings. The summed E-state index contributed by atoms with van der Waals surface area (Å²) in [7, 11) is 0. The number of nitrogens with zero attached hydrogens (tertiary/aromatic N) is 3. The molecule has 0 bridgehead atoms. The number of para-hydroxylation sites is 1. The minimum absolute atomic E-state index is 0.702. The summed E-state index contributed by atoms with van der Waals surface area (Å²) >= 11 is 0. The molecule has 0 aliphatic rings. The van der Waals surface area contributed by atoms with Crippen LogP contribution >= 0.6 is 0 Å². The average Bonchev–Trinajstić information content (AvgIpc) is 3.62. The second-order valence-corrected chi connectivity index (χ2v) is 14.6. The highest BCUT2D eigenvalue weighted by atomic mass is 15.0. The highest BCUT2D eigenvalue weighted by Crippen LogP contribution is 2.44. The number of fused-ring (bicyclic) bond motifs is 6. The number of aromatic nitrogens is 3. The first kappa shape index (κ1) is 32.8. The SMILES string of the molecule is c1ccc(-c2cc(-c3ccccc3)nc(-c3ccc(-c4cccc5c4c4cc6c(-c7ccccc7)cc7ccccc7c6cc4n5-c4ccccc4)cc3)n2)cc1. The van der Waals surface area contributed by atoms with Gasteiger partial charge in [0.25, 0.3) is 0 Å². The third-order valence-electron chi connectivity index (χ3n) is 11.2. The zero-order valence-corrected chi connectivity index (χ0v) is 31.0. The first-order valence-corrected chi connectivity index (χ1v) is 19.4. The van der Waals surface area contributed by atoms with Crippen LogP contribution in [0.4, 0.5) is 0 Å². The van der Waals surface area contributed by atoms with Crippen LogP contribution in [0, 0.1) is 0 Å². The molecule has 0 atom stereocenters. The Labute approximate surface area is 330 Å². The summed E-state index contributed by atoms with van der Waals surface area (Å²) in [6, 6.07) is 75.7. The third-order valence-corrected chi connectivity index (χ3v) is 11.2. The lowest BCUT2D eigenvalue weighted by Gasteiger charge is -2.13. The molecule has 0 aliphatic carbocycles. The fourth-order valence-corrected chi connectivity index (χ4v) is 8.50. The molecule has 57 heavy (non-hydrogen) atoms. The number of rotatable bonds is 6. The van der Waals surface area contributed by atoms with Gasteiger partial charge in [0.1, 0.15) is 0 Å². The van der Waals surface area contributed by atoms with Crippen molar-refractivity contribution in [2.24, 2.45) is 0 Å². The van der Waals surface area contributed by atoms with Gasteiger partial charge in [-0.3, -0.25) is 0 Å². The van der Waals surface area contributed by atoms with Crippen molar-refractivity contribution in [1.29, 1.82) is 0 Å². The van der Waals surface area contributed by atoms with E-state index in [1.165, 1.54) is 60.0 Å². The molecule has 9 aromatic carbocycles. The fourth-order valence-electron chi connectivity index (χ4n) is 8.50. The summed E-state index contributed by atoms with van der Waals surface area (Å²) in [4.78, 5) is 10.2. The van der Waals surface area contributed by atoms with E-state index in [0.717, 1.165) is 39.3 Å². The van der Waals surface area contributed by atoms with E-state index < -0.39 is 0 Å². The monoisotopic (exact) mass is 725 g/mol. The maximum atomic E-state index is 5.10. The second-order valence-electron chi connectivity index (χ2n) is 14.6. The summed E-state index contributed by atoms with van der Waals surface area (Å²) < 4.78 is 2.43. The highest BCUT2D eigenvalue weighted by molar-refractivity contribution is 6.23. The van der Waals surface area contributed by atoms with Crippen molar-refractivity contribution in [1.82, 2.24) is 14.5 Å². The van der Waals surface area contributed by atoms with Gasteiger partial charge in [0.2, 0.25) is 0 Å². The maximum Gasteiger partial charge on any atom is 0.160 e. The maximum absolute atomic E-state index is 5.10. The van der Waals surface area contributed by atoms with E-state index in [-0.39, 0.29) is 0 Å². The molecule has 11 rings (SSSR count). The number of benzene rings is 9. The van der Waals surface area contributed by atoms with E-state index in [1.54, 1.807) is 0 Å². The summed E-state index contributed by atoms with van der Waals surface area (Å²) in [5, 5.41) is 7.43. The van der Waals surface area contributed by atoms with Crippen molar-refractivity contribution in [3.63, 3.8) is 0 Å². The Bertz CT molecular complexity index is 3190. The summed E-state index contributed by atoms with van der Waals surface area (Å²) in [6.45, 7) is 0. The first-order valence-electron chi connectivity index (χ1n) is 19.4. The number of hydrogen-bond donors (Lipinski definition) is 0. The van der Waals surface area contributed by atoms with Gasteiger partial charge < -0.3 is 4.57 Å². The summed E-state index contributed by atoms with van der Waals surface area (Å²) in [5.41, 5.74) is 13.2. The van der Waals surface area contributed by atoms with Crippen molar-refractivity contribution >= 4 is 43.4 Å². The smallest absolute Gasteiger partial charge is 0.160 e. The van der Waals surface area contributed by atoms with Gasteiger partial charge in [0.15, 0.2) is 5.82 Å². The Kier molecular flexibility index (Phi) is 7.82. The van der Waals surface area contributed by atoms with Crippen molar-refractivity contribution in [3.8, 4) is 61.8 Å². The van der Waals surface area contributed by atoms with E-state index in [4.69, 9.17) is 9.97 Å². The minimum Gasteiger partial charge on any atom is -0.309 e. The molecular weight excluding hydrogens is 691 g/mol. The molecule has 0 saturated heterocycles. The van der Waals surface area contributed by atoms with Crippen LogP contribution in [0.2, 0.25) is 0 Å². The van der Waals surface area contributed by atoms with E-state index in [2.05, 4.69) is 205 Å². The molecular formula is C54H35N3. The molecule has 3 heteroatoms.